The molecule has 0 amide bonds. The van der Waals surface area contributed by atoms with Crippen molar-refractivity contribution in [3.8, 4) is 51.0 Å². The second-order valence-electron chi connectivity index (χ2n) is 36.2. The van der Waals surface area contributed by atoms with Crippen molar-refractivity contribution in [3.63, 3.8) is 0 Å². The lowest BCUT2D eigenvalue weighted by Gasteiger charge is -2.36. The molecule has 3 N–H and O–H groups in total. The minimum absolute atomic E-state index is 0.337. The summed E-state index contributed by atoms with van der Waals surface area (Å²) in [7, 11) is 4.63. The zero-order valence-corrected chi connectivity index (χ0v) is 78.4. The number of anilines is 3. The first-order chi connectivity index (χ1) is 62.9. The normalized spacial score (nSPS) is 22.1. The van der Waals surface area contributed by atoms with Crippen LogP contribution in [0.4, 0.5) is 28.6 Å². The number of aliphatic carboxylic acids is 3. The summed E-state index contributed by atoms with van der Waals surface area (Å²) in [6.45, 7) is 28.0. The Bertz CT molecular complexity index is 5470. The number of carbonyl (C=O) groups is 3. The van der Waals surface area contributed by atoms with E-state index in [2.05, 4.69) is 87.7 Å². The van der Waals surface area contributed by atoms with Crippen LogP contribution in [0.5, 0.6) is 17.2 Å². The monoisotopic (exact) mass is 1840 g/mol. The number of hydrogen-bond donors (Lipinski definition) is 3. The molecule has 130 heavy (non-hydrogen) atoms. The van der Waals surface area contributed by atoms with Crippen molar-refractivity contribution >= 4 is 67.3 Å². The quantitative estimate of drug-likeness (QED) is 0.0508. The molecule has 9 aromatic rings. The van der Waals surface area contributed by atoms with Gasteiger partial charge in [0.15, 0.2) is 15.4 Å². The summed E-state index contributed by atoms with van der Waals surface area (Å²) in [5, 5.41) is 36.6. The van der Waals surface area contributed by atoms with Gasteiger partial charge in [-0.1, -0.05) is 49.4 Å². The third kappa shape index (κ3) is 21.7. The summed E-state index contributed by atoms with van der Waals surface area (Å²) in [5.74, 6) is -2.85. The molecule has 696 valence electrons. The number of methoxy groups -OCH3 is 3. The van der Waals surface area contributed by atoms with Crippen LogP contribution in [-0.4, -0.2) is 239 Å². The van der Waals surface area contributed by atoms with Crippen LogP contribution < -0.4 is 28.9 Å². The molecule has 6 saturated heterocycles. The highest BCUT2D eigenvalue weighted by Gasteiger charge is 2.40. The minimum atomic E-state index is -0.839. The van der Waals surface area contributed by atoms with E-state index in [-0.39, 0.29) is 17.5 Å². The van der Waals surface area contributed by atoms with Gasteiger partial charge in [-0.15, -0.1) is 34.0 Å². The highest BCUT2D eigenvalue weighted by atomic mass is 32.1. The van der Waals surface area contributed by atoms with Crippen LogP contribution in [0.1, 0.15) is 136 Å². The Morgan fingerprint density at radius 2 is 0.785 bits per heavy atom. The van der Waals surface area contributed by atoms with Crippen LogP contribution in [-0.2, 0) is 94.7 Å². The van der Waals surface area contributed by atoms with Crippen LogP contribution in [0, 0.1) is 69.8 Å². The first-order valence-corrected chi connectivity index (χ1v) is 48.5. The number of carboxylic acids is 3. The predicted octanol–water partition coefficient (Wildman–Crippen LogP) is 16.4. The first-order valence-electron chi connectivity index (χ1n) is 45.9. The lowest BCUT2D eigenvalue weighted by molar-refractivity contribution is -0.148. The number of benzene rings is 6. The zero-order valence-electron chi connectivity index (χ0n) is 76.0. The fourth-order valence-electron chi connectivity index (χ4n) is 20.5. The summed E-state index contributed by atoms with van der Waals surface area (Å²) in [6, 6.07) is 26.3. The summed E-state index contributed by atoms with van der Waals surface area (Å²) < 4.78 is 96.6. The maximum absolute atomic E-state index is 14.7. The zero-order chi connectivity index (χ0) is 91.0. The van der Waals surface area contributed by atoms with Crippen molar-refractivity contribution in [1.29, 1.82) is 0 Å². The molecule has 9 aliphatic rings. The number of rotatable bonds is 24. The Labute approximate surface area is 771 Å². The van der Waals surface area contributed by atoms with E-state index in [4.69, 9.17) is 57.6 Å². The summed E-state index contributed by atoms with van der Waals surface area (Å²) >= 11 is 4.38. The number of halogens is 3. The molecule has 18 rings (SSSR count). The van der Waals surface area contributed by atoms with Crippen molar-refractivity contribution in [1.82, 2.24) is 29.7 Å². The highest BCUT2D eigenvalue weighted by Crippen LogP contribution is 2.44. The molecule has 6 fully saturated rings. The third-order valence-electron chi connectivity index (χ3n) is 28.2. The van der Waals surface area contributed by atoms with Crippen molar-refractivity contribution in [3.05, 3.63) is 190 Å². The van der Waals surface area contributed by atoms with Gasteiger partial charge in [-0.25, -0.2) is 28.1 Å². The van der Waals surface area contributed by atoms with E-state index in [0.29, 0.717) is 165 Å². The number of carboxylic acid groups (broad SMARTS) is 3. The molecule has 6 aromatic carbocycles. The number of aryl methyl sites for hydroxylation is 3. The molecule has 30 heteroatoms. The Morgan fingerprint density at radius 1 is 0.423 bits per heavy atom. The lowest BCUT2D eigenvalue weighted by atomic mass is 9.93. The van der Waals surface area contributed by atoms with Gasteiger partial charge in [0.25, 0.3) is 0 Å². The number of ether oxygens (including phenoxy) is 9. The van der Waals surface area contributed by atoms with Gasteiger partial charge >= 0.3 is 17.9 Å². The van der Waals surface area contributed by atoms with E-state index in [1.165, 1.54) is 115 Å². The van der Waals surface area contributed by atoms with Crippen molar-refractivity contribution in [2.24, 2.45) is 17.8 Å². The van der Waals surface area contributed by atoms with E-state index in [0.717, 1.165) is 174 Å². The van der Waals surface area contributed by atoms with E-state index in [1.807, 2.05) is 41.8 Å². The molecule has 7 atom stereocenters. The van der Waals surface area contributed by atoms with Gasteiger partial charge in [0.1, 0.15) is 54.5 Å². The molecule has 0 unspecified atom stereocenters. The molecule has 0 spiro atoms. The summed E-state index contributed by atoms with van der Waals surface area (Å²) in [4.78, 5) is 63.4. The van der Waals surface area contributed by atoms with E-state index >= 15 is 0 Å². The molecule has 3 aromatic heterocycles. The average Bonchev–Trinajstić information content (AvgIpc) is 1.55. The van der Waals surface area contributed by atoms with Crippen LogP contribution in [0.15, 0.2) is 95.0 Å². The Morgan fingerprint density at radius 3 is 1.17 bits per heavy atom. The number of fused-ring (bicyclic) bond motifs is 3. The molecule has 9 aliphatic heterocycles. The van der Waals surface area contributed by atoms with Gasteiger partial charge in [0.05, 0.1) is 72.4 Å². The molecule has 0 aliphatic carbocycles. The van der Waals surface area contributed by atoms with E-state index in [9.17, 15) is 42.9 Å². The second-order valence-corrected chi connectivity index (χ2v) is 38.7. The summed E-state index contributed by atoms with van der Waals surface area (Å²) in [6.07, 6.45) is 9.81. The number of hydrogen-bond acceptors (Lipinski definition) is 24. The third-order valence-corrected chi connectivity index (χ3v) is 30.9. The van der Waals surface area contributed by atoms with Crippen LogP contribution in [0.3, 0.4) is 0 Å². The molecule has 0 radical (unpaired) electrons. The topological polar surface area (TPSA) is 253 Å². The smallest absolute Gasteiger partial charge is 0.309 e. The minimum Gasteiger partial charge on any atom is -0.488 e. The fraction of sp³-hybridized carbons (Fsp3) is 0.520. The standard InChI is InChI=1S/2C34H42FN3O5S.C32H38FN3O5S/c1-21-16-25(35)17-29(30-20-44-34(36-30)38-13-8-28(33(39)40)31(18-38)41-3)32(21)43-19-24-5-4-23-6-11-37(12-7-27(23)22(24)2)26-9-14-42-15-10-26;1-21-14-25(35)16-29(30-20-44-34(36-30)38-11-7-27(33(39)40)31(18-38)41-3)32(21)43-19-23-4-5-24-6-10-37(17-22(2)28(24)15-23)26-8-12-42-13-9-26;1-19-12-23(33)13-27(28-18-42-32(34-28)36-11-8-26(31(37)38)29(14-36)39-3)30(19)41-15-22-5-4-21-6-9-35(24-16-40-17-24)10-7-25(21)20(22)2/h4-5,16-17,20,26,28,31H,6-15,18-19H2,1-3H3,(H,39,40);4-5,14-16,20,22,26-27,31H,6-13,17-19H2,1-3H3,(H,39,40);4-5,12-13,18,24,26,29H,6-11,14-17H2,1-3H3,(H,37,38)/t28-,31+;22-,27-,31+;26-,29+/m000/s1. The maximum Gasteiger partial charge on any atom is 0.309 e. The number of thiazole rings is 3. The molecule has 0 saturated carbocycles. The Balaban J connectivity index is 0.000000143. The maximum atomic E-state index is 14.7. The predicted molar refractivity (Wildman–Crippen MR) is 499 cm³/mol. The van der Waals surface area contributed by atoms with Gasteiger partial charge in [-0.05, 0) is 232 Å². The molecular weight excluding hydrogens is 1720 g/mol. The van der Waals surface area contributed by atoms with Crippen LogP contribution in [0.25, 0.3) is 33.8 Å². The Hall–Kier alpha value is -9.15. The largest absolute Gasteiger partial charge is 0.488 e. The first kappa shape index (κ1) is 94.1. The van der Waals surface area contributed by atoms with Gasteiger partial charge in [-0.3, -0.25) is 29.1 Å². The molecule has 24 nitrogen and oxygen atoms in total. The highest BCUT2D eigenvalue weighted by molar-refractivity contribution is 7.14. The van der Waals surface area contributed by atoms with E-state index < -0.39 is 54.0 Å². The van der Waals surface area contributed by atoms with Gasteiger partial charge in [-0.2, -0.15) is 0 Å². The van der Waals surface area contributed by atoms with Crippen molar-refractivity contribution in [2.75, 3.05) is 154 Å². The summed E-state index contributed by atoms with van der Waals surface area (Å²) in [5.41, 5.74) is 20.3. The molecule has 0 bridgehead atoms. The van der Waals surface area contributed by atoms with E-state index in [1.54, 1.807) is 21.3 Å². The van der Waals surface area contributed by atoms with Gasteiger partial charge in [0, 0.05) is 171 Å². The fourth-order valence-corrected chi connectivity index (χ4v) is 23.1. The second kappa shape index (κ2) is 42.8. The molecule has 12 heterocycles. The Kier molecular flexibility index (Phi) is 31.0. The lowest BCUT2D eigenvalue weighted by Crippen LogP contribution is -2.49. The number of piperidine rings is 3. The SMILES string of the molecule is CO[C@@H]1CN(c2nc(-c3cc(F)cc(C)c3OCc3ccc4c(c3)[C@@H](C)CN(C3CCOCC3)CC4)cs2)CC[C@@H]1C(=O)O.CO[C@@H]1CN(c2nc(-c3cc(F)cc(C)c3OCc3ccc4c(c3C)CCN(C3CCOCC3)CC4)cs2)CC[C@@H]1C(=O)O.CO[C@@H]1CN(c2nc(-c3cc(F)cc(C)c3OCc3ccc4c(c3C)CCN(C3COC3)CC4)cs2)CC[C@@H]1C(=O)O. The van der Waals surface area contributed by atoms with Crippen molar-refractivity contribution < 1.29 is 85.5 Å². The molecular formula is C100H122F3N9O15S3. The average molecular weight is 1840 g/mol. The van der Waals surface area contributed by atoms with Gasteiger partial charge < -0.3 is 72.7 Å². The van der Waals surface area contributed by atoms with Crippen LogP contribution in [0.2, 0.25) is 0 Å². The number of nitrogens with zero attached hydrogens (tertiary/aromatic N) is 9. The van der Waals surface area contributed by atoms with Crippen LogP contribution >= 0.6 is 34.0 Å². The van der Waals surface area contributed by atoms with Crippen molar-refractivity contribution in [2.45, 2.75) is 181 Å². The number of aromatic nitrogens is 3. The van der Waals surface area contributed by atoms with Gasteiger partial charge in [0.2, 0.25) is 0 Å².